The highest BCUT2D eigenvalue weighted by molar-refractivity contribution is 6.04. The van der Waals surface area contributed by atoms with Crippen LogP contribution in [0.2, 0.25) is 0 Å². The molecule has 1 amide bonds. The van der Waals surface area contributed by atoms with E-state index in [0.717, 1.165) is 17.7 Å². The monoisotopic (exact) mass is 351 g/mol. The molecule has 2 aromatic heterocycles. The van der Waals surface area contributed by atoms with E-state index in [1.54, 1.807) is 23.1 Å². The molecule has 0 saturated carbocycles. The number of carbonyl (C=O) groups is 1. The van der Waals surface area contributed by atoms with Crippen LogP contribution in [0.3, 0.4) is 0 Å². The highest BCUT2D eigenvalue weighted by Gasteiger charge is 2.12. The predicted molar refractivity (Wildman–Crippen MR) is 102 cm³/mol. The molecule has 0 spiro atoms. The van der Waals surface area contributed by atoms with E-state index in [9.17, 15) is 4.79 Å². The van der Waals surface area contributed by atoms with Crippen LogP contribution < -0.4 is 16.0 Å². The van der Waals surface area contributed by atoms with Crippen LogP contribution in [0, 0.1) is 0 Å². The van der Waals surface area contributed by atoms with Gasteiger partial charge in [-0.05, 0) is 24.6 Å². The number of nitrogens with zero attached hydrogens (tertiary/aromatic N) is 5. The first-order valence-electron chi connectivity index (χ1n) is 8.21. The van der Waals surface area contributed by atoms with Crippen molar-refractivity contribution in [1.29, 1.82) is 0 Å². The standard InChI is InChI=1S/C18H21N7O/c1-4-24(2)17-10-20-16(9-21-17)18(26)23-15-7-12(5-6-14(15)19)13-8-22-25(3)11-13/h5-11H,4,19H2,1-3H3,(H,23,26). The minimum absolute atomic E-state index is 0.226. The van der Waals surface area contributed by atoms with E-state index in [-0.39, 0.29) is 11.6 Å². The molecule has 26 heavy (non-hydrogen) atoms. The number of hydrogen-bond donors (Lipinski definition) is 2. The van der Waals surface area contributed by atoms with Gasteiger partial charge in [0.1, 0.15) is 11.5 Å². The first-order chi connectivity index (χ1) is 12.5. The lowest BCUT2D eigenvalue weighted by molar-refractivity contribution is 0.102. The topological polar surface area (TPSA) is 102 Å². The smallest absolute Gasteiger partial charge is 0.275 e. The van der Waals surface area contributed by atoms with Crippen molar-refractivity contribution >= 4 is 23.1 Å². The van der Waals surface area contributed by atoms with E-state index in [1.165, 1.54) is 6.20 Å². The number of amides is 1. The Kier molecular flexibility index (Phi) is 4.83. The second kappa shape index (κ2) is 7.22. The van der Waals surface area contributed by atoms with Crippen molar-refractivity contribution in [3.63, 3.8) is 0 Å². The summed E-state index contributed by atoms with van der Waals surface area (Å²) in [6, 6.07) is 5.46. The molecule has 0 saturated heterocycles. The third-order valence-corrected chi connectivity index (χ3v) is 4.08. The summed E-state index contributed by atoms with van der Waals surface area (Å²) in [6.45, 7) is 2.82. The molecule has 134 valence electrons. The van der Waals surface area contributed by atoms with Gasteiger partial charge in [0.2, 0.25) is 0 Å². The molecule has 1 aromatic carbocycles. The van der Waals surface area contributed by atoms with E-state index in [2.05, 4.69) is 20.4 Å². The number of nitrogens with two attached hydrogens (primary N) is 1. The maximum Gasteiger partial charge on any atom is 0.275 e. The maximum atomic E-state index is 12.5. The van der Waals surface area contributed by atoms with Gasteiger partial charge in [0.05, 0.1) is 30.0 Å². The molecule has 2 heterocycles. The van der Waals surface area contributed by atoms with E-state index >= 15 is 0 Å². The number of aryl methyl sites for hydroxylation is 1. The summed E-state index contributed by atoms with van der Waals surface area (Å²) in [6.07, 6.45) is 6.68. The molecule has 0 aliphatic rings. The number of benzene rings is 1. The summed E-state index contributed by atoms with van der Waals surface area (Å²) >= 11 is 0. The summed E-state index contributed by atoms with van der Waals surface area (Å²) in [5, 5.41) is 6.96. The molecule has 0 bridgehead atoms. The number of hydrogen-bond acceptors (Lipinski definition) is 6. The third-order valence-electron chi connectivity index (χ3n) is 4.08. The molecule has 3 N–H and O–H groups in total. The fourth-order valence-corrected chi connectivity index (χ4v) is 2.40. The Morgan fingerprint density at radius 3 is 2.65 bits per heavy atom. The van der Waals surface area contributed by atoms with Crippen molar-refractivity contribution in [3.8, 4) is 11.1 Å². The Bertz CT molecular complexity index is 918. The summed E-state index contributed by atoms with van der Waals surface area (Å²) in [7, 11) is 3.76. The van der Waals surface area contributed by atoms with Crippen LogP contribution in [-0.4, -0.2) is 39.2 Å². The van der Waals surface area contributed by atoms with Gasteiger partial charge in [-0.25, -0.2) is 9.97 Å². The Labute approximate surface area is 151 Å². The van der Waals surface area contributed by atoms with Crippen LogP contribution in [0.5, 0.6) is 0 Å². The number of aromatic nitrogens is 4. The lowest BCUT2D eigenvalue weighted by Gasteiger charge is -2.15. The largest absolute Gasteiger partial charge is 0.397 e. The number of nitrogens with one attached hydrogen (secondary N) is 1. The molecule has 0 aliphatic heterocycles. The number of rotatable bonds is 5. The molecule has 0 atom stereocenters. The normalized spacial score (nSPS) is 10.6. The van der Waals surface area contributed by atoms with Gasteiger partial charge < -0.3 is 16.0 Å². The van der Waals surface area contributed by atoms with E-state index < -0.39 is 0 Å². The van der Waals surface area contributed by atoms with Crippen molar-refractivity contribution in [2.24, 2.45) is 7.05 Å². The molecular formula is C18H21N7O. The molecule has 0 aliphatic carbocycles. The zero-order chi connectivity index (χ0) is 18.7. The Morgan fingerprint density at radius 2 is 2.04 bits per heavy atom. The highest BCUT2D eigenvalue weighted by Crippen LogP contribution is 2.27. The zero-order valence-electron chi connectivity index (χ0n) is 15.0. The number of carbonyl (C=O) groups excluding carboxylic acids is 1. The van der Waals surface area contributed by atoms with Gasteiger partial charge in [-0.3, -0.25) is 9.48 Å². The quantitative estimate of drug-likeness (QED) is 0.683. The summed E-state index contributed by atoms with van der Waals surface area (Å²) < 4.78 is 1.72. The average Bonchev–Trinajstić information content (AvgIpc) is 3.09. The van der Waals surface area contributed by atoms with E-state index in [0.29, 0.717) is 17.2 Å². The Balaban J connectivity index is 1.80. The van der Waals surface area contributed by atoms with Crippen LogP contribution in [0.25, 0.3) is 11.1 Å². The van der Waals surface area contributed by atoms with Crippen LogP contribution in [0.1, 0.15) is 17.4 Å². The van der Waals surface area contributed by atoms with Crippen molar-refractivity contribution in [3.05, 3.63) is 48.7 Å². The van der Waals surface area contributed by atoms with Crippen LogP contribution >= 0.6 is 0 Å². The molecule has 3 aromatic rings. The Morgan fingerprint density at radius 1 is 1.23 bits per heavy atom. The lowest BCUT2D eigenvalue weighted by Crippen LogP contribution is -2.19. The summed E-state index contributed by atoms with van der Waals surface area (Å²) in [5.41, 5.74) is 9.07. The van der Waals surface area contributed by atoms with Crippen molar-refractivity contribution < 1.29 is 4.79 Å². The first kappa shape index (κ1) is 17.4. The van der Waals surface area contributed by atoms with Gasteiger partial charge in [-0.2, -0.15) is 5.10 Å². The summed E-state index contributed by atoms with van der Waals surface area (Å²) in [4.78, 5) is 22.9. The van der Waals surface area contributed by atoms with Gasteiger partial charge in [0, 0.05) is 32.4 Å². The van der Waals surface area contributed by atoms with Crippen LogP contribution in [0.4, 0.5) is 17.2 Å². The van der Waals surface area contributed by atoms with Crippen LogP contribution in [-0.2, 0) is 7.05 Å². The minimum atomic E-state index is -0.363. The fraction of sp³-hybridized carbons (Fsp3) is 0.222. The van der Waals surface area contributed by atoms with Gasteiger partial charge in [-0.15, -0.1) is 0 Å². The van der Waals surface area contributed by atoms with Gasteiger partial charge in [0.25, 0.3) is 5.91 Å². The summed E-state index contributed by atoms with van der Waals surface area (Å²) in [5.74, 6) is 0.348. The van der Waals surface area contributed by atoms with Crippen molar-refractivity contribution in [1.82, 2.24) is 19.7 Å². The maximum absolute atomic E-state index is 12.5. The lowest BCUT2D eigenvalue weighted by atomic mass is 10.1. The van der Waals surface area contributed by atoms with Gasteiger partial charge >= 0.3 is 0 Å². The van der Waals surface area contributed by atoms with Crippen molar-refractivity contribution in [2.45, 2.75) is 6.92 Å². The number of anilines is 3. The number of nitrogen functional groups attached to an aromatic ring is 1. The molecule has 8 nitrogen and oxygen atoms in total. The fourth-order valence-electron chi connectivity index (χ4n) is 2.40. The minimum Gasteiger partial charge on any atom is -0.397 e. The molecule has 0 unspecified atom stereocenters. The van der Waals surface area contributed by atoms with Gasteiger partial charge in [0.15, 0.2) is 0 Å². The molecule has 0 fully saturated rings. The molecule has 0 radical (unpaired) electrons. The zero-order valence-corrected chi connectivity index (χ0v) is 15.0. The molecule has 3 rings (SSSR count). The third kappa shape index (κ3) is 3.64. The van der Waals surface area contributed by atoms with Crippen LogP contribution in [0.15, 0.2) is 43.0 Å². The van der Waals surface area contributed by atoms with E-state index in [1.807, 2.05) is 44.2 Å². The second-order valence-electron chi connectivity index (χ2n) is 5.93. The Hall–Kier alpha value is -3.42. The van der Waals surface area contributed by atoms with Crippen molar-refractivity contribution in [2.75, 3.05) is 29.5 Å². The van der Waals surface area contributed by atoms with E-state index in [4.69, 9.17) is 5.73 Å². The molecular weight excluding hydrogens is 330 g/mol. The van der Waals surface area contributed by atoms with Gasteiger partial charge in [-0.1, -0.05) is 6.07 Å². The SMILES string of the molecule is CCN(C)c1cnc(C(=O)Nc2cc(-c3cnn(C)c3)ccc2N)cn1. The second-order valence-corrected chi connectivity index (χ2v) is 5.93. The average molecular weight is 351 g/mol. The first-order valence-corrected chi connectivity index (χ1v) is 8.21. The highest BCUT2D eigenvalue weighted by atomic mass is 16.1. The molecule has 8 heteroatoms. The predicted octanol–water partition coefficient (Wildman–Crippen LogP) is 2.17.